The van der Waals surface area contributed by atoms with Crippen LogP contribution >= 0.6 is 24.0 Å². The van der Waals surface area contributed by atoms with Crippen molar-refractivity contribution in [2.75, 3.05) is 40.5 Å². The summed E-state index contributed by atoms with van der Waals surface area (Å²) in [4.78, 5) is 17.9. The number of likely N-dealkylation sites (N-methyl/N-ethyl adjacent to an activating group) is 1. The van der Waals surface area contributed by atoms with E-state index in [1.165, 1.54) is 17.0 Å². The molecule has 10 nitrogen and oxygen atoms in total. The summed E-state index contributed by atoms with van der Waals surface area (Å²) in [5.74, 6) is 0.369. The number of carbonyl (C=O) groups is 1. The quantitative estimate of drug-likeness (QED) is 0.221. The van der Waals surface area contributed by atoms with Gasteiger partial charge in [-0.2, -0.15) is 0 Å². The highest BCUT2D eigenvalue weighted by atomic mass is 127. The summed E-state index contributed by atoms with van der Waals surface area (Å²) >= 11 is 0. The van der Waals surface area contributed by atoms with Crippen LogP contribution < -0.4 is 15.8 Å². The largest absolute Gasteiger partial charge is 0.379 e. The lowest BCUT2D eigenvalue weighted by molar-refractivity contribution is -0.127. The predicted molar refractivity (Wildman–Crippen MR) is 129 cm³/mol. The molecule has 0 saturated carbocycles. The molecule has 1 aliphatic rings. The fourth-order valence-electron chi connectivity index (χ4n) is 2.62. The number of rotatable bonds is 9. The summed E-state index contributed by atoms with van der Waals surface area (Å²) in [6, 6.07) is 6.14. The van der Waals surface area contributed by atoms with Crippen LogP contribution in [0.1, 0.15) is 18.9 Å². The van der Waals surface area contributed by atoms with Crippen LogP contribution in [0.3, 0.4) is 0 Å². The number of halogens is 1. The van der Waals surface area contributed by atoms with E-state index in [-0.39, 0.29) is 53.5 Å². The van der Waals surface area contributed by atoms with Crippen LogP contribution in [0.4, 0.5) is 0 Å². The molecule has 31 heavy (non-hydrogen) atoms. The van der Waals surface area contributed by atoms with Gasteiger partial charge in [-0.1, -0.05) is 12.1 Å². The monoisotopic (exact) mass is 569 g/mol. The van der Waals surface area contributed by atoms with Gasteiger partial charge in [-0.05, 0) is 31.0 Å². The maximum Gasteiger partial charge on any atom is 0.241 e. The summed E-state index contributed by atoms with van der Waals surface area (Å²) in [6.07, 6.45) is 0.993. The molecule has 2 atom stereocenters. The maximum atomic E-state index is 11.9. The first-order valence-electron chi connectivity index (χ1n) is 9.71. The van der Waals surface area contributed by atoms with Gasteiger partial charge in [-0.15, -0.1) is 24.0 Å². The zero-order valence-corrected chi connectivity index (χ0v) is 21.2. The van der Waals surface area contributed by atoms with Crippen molar-refractivity contribution in [2.24, 2.45) is 10.1 Å². The van der Waals surface area contributed by atoms with E-state index in [1.807, 2.05) is 6.92 Å². The second-order valence-corrected chi connectivity index (χ2v) is 8.92. The summed E-state index contributed by atoms with van der Waals surface area (Å²) in [5, 5.41) is 11.4. The molecule has 1 saturated heterocycles. The zero-order chi connectivity index (χ0) is 22.1. The van der Waals surface area contributed by atoms with Gasteiger partial charge in [0.1, 0.15) is 0 Å². The lowest BCUT2D eigenvalue weighted by Gasteiger charge is -2.20. The molecule has 1 aromatic rings. The Morgan fingerprint density at radius 1 is 1.35 bits per heavy atom. The summed E-state index contributed by atoms with van der Waals surface area (Å²) in [7, 11) is -0.368. The summed E-state index contributed by atoms with van der Waals surface area (Å²) in [6.45, 7) is 4.14. The molecule has 0 aromatic heterocycles. The molecular weight excluding hydrogens is 537 g/mol. The molecule has 12 heteroatoms. The smallest absolute Gasteiger partial charge is 0.241 e. The number of nitrogens with zero attached hydrogens (tertiary/aromatic N) is 2. The second-order valence-electron chi connectivity index (χ2n) is 7.36. The third-order valence-corrected chi connectivity index (χ3v) is 5.36. The normalized spacial score (nSPS) is 17.5. The number of primary sulfonamides is 1. The second kappa shape index (κ2) is 13.2. The number of nitrogens with one attached hydrogen (secondary N) is 2. The van der Waals surface area contributed by atoms with Gasteiger partial charge in [0.15, 0.2) is 5.96 Å². The zero-order valence-electron chi connectivity index (χ0n) is 18.0. The van der Waals surface area contributed by atoms with E-state index < -0.39 is 10.0 Å². The number of benzene rings is 1. The van der Waals surface area contributed by atoms with Crippen molar-refractivity contribution < 1.29 is 22.7 Å². The third kappa shape index (κ3) is 10.1. The average Bonchev–Trinajstić information content (AvgIpc) is 3.21. The van der Waals surface area contributed by atoms with Gasteiger partial charge in [-0.25, -0.2) is 18.5 Å². The van der Waals surface area contributed by atoms with Crippen molar-refractivity contribution in [2.45, 2.75) is 36.9 Å². The van der Waals surface area contributed by atoms with Gasteiger partial charge in [-0.3, -0.25) is 4.79 Å². The Kier molecular flexibility index (Phi) is 11.7. The molecule has 0 aliphatic carbocycles. The molecule has 0 bridgehead atoms. The molecule has 1 aromatic carbocycles. The van der Waals surface area contributed by atoms with E-state index in [1.54, 1.807) is 26.2 Å². The minimum absolute atomic E-state index is 0. The number of guanidine groups is 1. The molecule has 1 heterocycles. The molecule has 2 rings (SSSR count). The Labute approximate surface area is 201 Å². The van der Waals surface area contributed by atoms with Crippen LogP contribution in [-0.4, -0.2) is 77.8 Å². The van der Waals surface area contributed by atoms with E-state index in [9.17, 15) is 13.2 Å². The van der Waals surface area contributed by atoms with E-state index in [2.05, 4.69) is 15.6 Å². The fraction of sp³-hybridized carbons (Fsp3) is 0.579. The Morgan fingerprint density at radius 2 is 2.03 bits per heavy atom. The minimum Gasteiger partial charge on any atom is -0.379 e. The summed E-state index contributed by atoms with van der Waals surface area (Å²) in [5.41, 5.74) is 0.800. The molecule has 0 spiro atoms. The highest BCUT2D eigenvalue weighted by Crippen LogP contribution is 2.10. The Bertz CT molecular complexity index is 827. The molecule has 4 N–H and O–H groups in total. The molecule has 1 amide bonds. The van der Waals surface area contributed by atoms with E-state index in [0.29, 0.717) is 25.7 Å². The van der Waals surface area contributed by atoms with Crippen LogP contribution in [0, 0.1) is 0 Å². The first-order chi connectivity index (χ1) is 14.1. The van der Waals surface area contributed by atoms with Gasteiger partial charge in [0.2, 0.25) is 15.9 Å². The van der Waals surface area contributed by atoms with Crippen LogP contribution in [0.2, 0.25) is 0 Å². The first kappa shape index (κ1) is 27.6. The van der Waals surface area contributed by atoms with Crippen LogP contribution in [-0.2, 0) is 30.8 Å². The maximum absolute atomic E-state index is 11.9. The van der Waals surface area contributed by atoms with E-state index in [4.69, 9.17) is 14.6 Å². The van der Waals surface area contributed by atoms with Gasteiger partial charge < -0.3 is 25.0 Å². The molecular formula is C19H32IN5O5S. The van der Waals surface area contributed by atoms with E-state index >= 15 is 0 Å². The van der Waals surface area contributed by atoms with Crippen molar-refractivity contribution in [1.29, 1.82) is 0 Å². The lowest BCUT2D eigenvalue weighted by atomic mass is 10.2. The van der Waals surface area contributed by atoms with Gasteiger partial charge in [0.05, 0.1) is 37.3 Å². The van der Waals surface area contributed by atoms with Gasteiger partial charge >= 0.3 is 0 Å². The van der Waals surface area contributed by atoms with Crippen molar-refractivity contribution in [3.63, 3.8) is 0 Å². The Morgan fingerprint density at radius 3 is 2.58 bits per heavy atom. The molecule has 2 unspecified atom stereocenters. The first-order valence-corrected chi connectivity index (χ1v) is 11.3. The number of hydrogen-bond acceptors (Lipinski definition) is 6. The third-order valence-electron chi connectivity index (χ3n) is 4.43. The topological polar surface area (TPSA) is 135 Å². The minimum atomic E-state index is -3.73. The van der Waals surface area contributed by atoms with E-state index in [0.717, 1.165) is 18.6 Å². The predicted octanol–water partition coefficient (Wildman–Crippen LogP) is 0.269. The van der Waals surface area contributed by atoms with Crippen molar-refractivity contribution in [1.82, 2.24) is 15.5 Å². The molecule has 1 fully saturated rings. The van der Waals surface area contributed by atoms with Gasteiger partial charge in [0, 0.05) is 26.7 Å². The lowest BCUT2D eigenvalue weighted by Crippen LogP contribution is -2.47. The number of hydrogen-bond donors (Lipinski definition) is 3. The number of aliphatic imine (C=N–C) groups is 1. The number of sulfonamides is 1. The molecule has 176 valence electrons. The standard InChI is InChI=1S/C19H31N5O5S.HI/c1-14(12-29-16-8-9-28-13-16)23-19(22-11-18(25)24(2)3)21-10-15-4-6-17(7-5-15)30(20,26)27;/h4-7,14,16H,8-13H2,1-3H3,(H2,20,26,27)(H2,21,22,23);1H. The van der Waals surface area contributed by atoms with Crippen molar-refractivity contribution >= 4 is 45.9 Å². The van der Waals surface area contributed by atoms with Crippen molar-refractivity contribution in [3.05, 3.63) is 29.8 Å². The number of nitrogens with two attached hydrogens (primary N) is 1. The fourth-order valence-corrected chi connectivity index (χ4v) is 3.14. The highest BCUT2D eigenvalue weighted by molar-refractivity contribution is 14.0. The number of ether oxygens (including phenoxy) is 2. The average molecular weight is 569 g/mol. The number of carbonyl (C=O) groups excluding carboxylic acids is 1. The Hall–Kier alpha value is -1.48. The van der Waals surface area contributed by atoms with Crippen LogP contribution in [0.5, 0.6) is 0 Å². The molecule has 1 aliphatic heterocycles. The SMILES string of the molecule is CC(COC1CCOC1)NC(=NCc1ccc(S(N)(=O)=O)cc1)NCC(=O)N(C)C.I. The van der Waals surface area contributed by atoms with Gasteiger partial charge in [0.25, 0.3) is 0 Å². The molecule has 0 radical (unpaired) electrons. The number of amides is 1. The summed E-state index contributed by atoms with van der Waals surface area (Å²) < 4.78 is 33.9. The van der Waals surface area contributed by atoms with Crippen LogP contribution in [0.15, 0.2) is 34.2 Å². The van der Waals surface area contributed by atoms with Crippen LogP contribution in [0.25, 0.3) is 0 Å². The van der Waals surface area contributed by atoms with Crippen molar-refractivity contribution in [3.8, 4) is 0 Å². The highest BCUT2D eigenvalue weighted by Gasteiger charge is 2.17. The Balaban J connectivity index is 0.00000480.